The molecule has 0 radical (unpaired) electrons. The van der Waals surface area contributed by atoms with Crippen molar-refractivity contribution in [2.24, 2.45) is 17.3 Å². The van der Waals surface area contributed by atoms with Crippen LogP contribution in [0, 0.1) is 17.3 Å². The topological polar surface area (TPSA) is 81.7 Å². The number of alkyl halides is 1. The van der Waals surface area contributed by atoms with Gasteiger partial charge in [-0.3, -0.25) is 9.59 Å². The van der Waals surface area contributed by atoms with E-state index in [2.05, 4.69) is 21.2 Å². The van der Waals surface area contributed by atoms with E-state index in [0.717, 1.165) is 43.4 Å². The lowest BCUT2D eigenvalue weighted by Crippen LogP contribution is -2.56. The summed E-state index contributed by atoms with van der Waals surface area (Å²) >= 11 is 5.24. The molecule has 4 bridgehead atoms. The molecule has 0 saturated heterocycles. The number of carbonyl (C=O) groups is 3. The molecule has 8 heteroatoms. The Hall–Kier alpha value is -1.41. The van der Waals surface area contributed by atoms with Gasteiger partial charge in [0.1, 0.15) is 5.00 Å². The van der Waals surface area contributed by atoms with E-state index in [1.807, 2.05) is 6.92 Å². The van der Waals surface area contributed by atoms with Crippen molar-refractivity contribution in [2.45, 2.75) is 63.1 Å². The van der Waals surface area contributed by atoms with Gasteiger partial charge in [-0.1, -0.05) is 22.9 Å². The quantitative estimate of drug-likeness (QED) is 0.435. The van der Waals surface area contributed by atoms with Crippen LogP contribution in [-0.4, -0.2) is 35.4 Å². The average Bonchev–Trinajstić information content (AvgIpc) is 3.07. The second-order valence-electron chi connectivity index (χ2n) is 9.05. The van der Waals surface area contributed by atoms with E-state index in [-0.39, 0.29) is 23.5 Å². The molecule has 1 aromatic heterocycles. The first-order valence-corrected chi connectivity index (χ1v) is 12.3. The molecule has 1 N–H and O–H groups in total. The Labute approximate surface area is 189 Å². The lowest BCUT2D eigenvalue weighted by Gasteiger charge is -2.58. The Morgan fingerprint density at radius 1 is 1.17 bits per heavy atom. The highest BCUT2D eigenvalue weighted by Gasteiger charge is 2.60. The maximum atomic E-state index is 13.0. The van der Waals surface area contributed by atoms with Gasteiger partial charge in [0.05, 0.1) is 17.6 Å². The second-order valence-corrected chi connectivity index (χ2v) is 11.9. The zero-order valence-electron chi connectivity index (χ0n) is 17.4. The highest BCUT2D eigenvalue weighted by atomic mass is 79.9. The Morgan fingerprint density at radius 3 is 2.47 bits per heavy atom. The maximum Gasteiger partial charge on any atom is 0.341 e. The normalized spacial score (nSPS) is 31.4. The molecule has 4 aliphatic rings. The van der Waals surface area contributed by atoms with Crippen LogP contribution in [0.25, 0.3) is 0 Å². The first-order valence-electron chi connectivity index (χ1n) is 10.7. The Morgan fingerprint density at radius 2 is 1.87 bits per heavy atom. The molecule has 4 fully saturated rings. The van der Waals surface area contributed by atoms with E-state index < -0.39 is 17.3 Å². The first-order chi connectivity index (χ1) is 14.3. The van der Waals surface area contributed by atoms with Crippen molar-refractivity contribution in [1.82, 2.24) is 0 Å². The SMILES string of the molecule is CCOC(=O)c1cc(CC)sc1NC(=O)COC(=O)C12CC3CC(CC(Br)(C3)C1)C2. The van der Waals surface area contributed by atoms with Gasteiger partial charge in [0.25, 0.3) is 5.91 Å². The van der Waals surface area contributed by atoms with Crippen LogP contribution in [0.5, 0.6) is 0 Å². The van der Waals surface area contributed by atoms with Crippen molar-refractivity contribution in [1.29, 1.82) is 0 Å². The van der Waals surface area contributed by atoms with Crippen LogP contribution in [0.1, 0.15) is 67.6 Å². The van der Waals surface area contributed by atoms with Gasteiger partial charge in [-0.05, 0) is 69.8 Å². The minimum atomic E-state index is -0.461. The predicted molar refractivity (Wildman–Crippen MR) is 118 cm³/mol. The zero-order chi connectivity index (χ0) is 21.5. The van der Waals surface area contributed by atoms with Crippen molar-refractivity contribution >= 4 is 50.1 Å². The molecule has 30 heavy (non-hydrogen) atoms. The number of thiophene rings is 1. The fourth-order valence-corrected chi connectivity index (χ4v) is 8.36. The van der Waals surface area contributed by atoms with E-state index in [1.165, 1.54) is 17.8 Å². The molecule has 6 nitrogen and oxygen atoms in total. The number of nitrogens with one attached hydrogen (secondary N) is 1. The summed E-state index contributed by atoms with van der Waals surface area (Å²) < 4.78 is 10.6. The van der Waals surface area contributed by atoms with Gasteiger partial charge in [-0.15, -0.1) is 11.3 Å². The molecule has 0 aromatic carbocycles. The summed E-state index contributed by atoms with van der Waals surface area (Å²) in [4.78, 5) is 38.7. The molecule has 1 aromatic rings. The van der Waals surface area contributed by atoms with Crippen LogP contribution in [0.3, 0.4) is 0 Å². The van der Waals surface area contributed by atoms with E-state index >= 15 is 0 Å². The van der Waals surface area contributed by atoms with Crippen molar-refractivity contribution in [3.05, 3.63) is 16.5 Å². The molecule has 2 atom stereocenters. The fourth-order valence-electron chi connectivity index (χ4n) is 5.91. The monoisotopic (exact) mass is 497 g/mol. The number of halogens is 1. The number of ether oxygens (including phenoxy) is 2. The standard InChI is InChI=1S/C22H28BrNO5S/c1-3-15-6-16(19(26)28-4-2)18(30-15)24-17(25)11-29-20(27)21-7-13-5-14(8-21)10-22(23,9-13)12-21/h6,13-14H,3-5,7-12H2,1-2H3,(H,24,25). The van der Waals surface area contributed by atoms with Gasteiger partial charge in [-0.25, -0.2) is 4.79 Å². The summed E-state index contributed by atoms with van der Waals surface area (Å²) in [6.07, 6.45) is 6.76. The van der Waals surface area contributed by atoms with Crippen LogP contribution in [0.2, 0.25) is 0 Å². The average molecular weight is 498 g/mol. The van der Waals surface area contributed by atoms with Crippen LogP contribution < -0.4 is 5.32 Å². The van der Waals surface area contributed by atoms with Gasteiger partial charge in [0, 0.05) is 9.20 Å². The number of carbonyl (C=O) groups excluding carboxylic acids is 3. The third kappa shape index (κ3) is 4.17. The molecular formula is C22H28BrNO5S. The van der Waals surface area contributed by atoms with Gasteiger partial charge in [0.15, 0.2) is 6.61 Å². The summed E-state index contributed by atoms with van der Waals surface area (Å²) in [7, 11) is 0. The van der Waals surface area contributed by atoms with Crippen LogP contribution >= 0.6 is 27.3 Å². The number of amides is 1. The number of esters is 2. The largest absolute Gasteiger partial charge is 0.462 e. The number of hydrogen-bond acceptors (Lipinski definition) is 6. The summed E-state index contributed by atoms with van der Waals surface area (Å²) in [5.41, 5.74) is -0.108. The second kappa shape index (κ2) is 8.26. The highest BCUT2D eigenvalue weighted by molar-refractivity contribution is 9.10. The molecule has 0 spiro atoms. The summed E-state index contributed by atoms with van der Waals surface area (Å²) in [6.45, 7) is 3.65. The van der Waals surface area contributed by atoms with Crippen molar-refractivity contribution < 1.29 is 23.9 Å². The molecular weight excluding hydrogens is 470 g/mol. The molecule has 5 rings (SSSR count). The first kappa shape index (κ1) is 21.8. The molecule has 2 unspecified atom stereocenters. The zero-order valence-corrected chi connectivity index (χ0v) is 19.8. The smallest absolute Gasteiger partial charge is 0.341 e. The number of hydrogen-bond donors (Lipinski definition) is 1. The van der Waals surface area contributed by atoms with Crippen LogP contribution in [0.4, 0.5) is 5.00 Å². The maximum absolute atomic E-state index is 13.0. The molecule has 4 aliphatic carbocycles. The van der Waals surface area contributed by atoms with Crippen molar-refractivity contribution in [3.8, 4) is 0 Å². The molecule has 1 amide bonds. The summed E-state index contributed by atoms with van der Waals surface area (Å²) in [5.74, 6) is -0.00863. The van der Waals surface area contributed by atoms with Gasteiger partial charge < -0.3 is 14.8 Å². The molecule has 4 saturated carbocycles. The number of aryl methyl sites for hydroxylation is 1. The Kier molecular flexibility index (Phi) is 6.01. The van der Waals surface area contributed by atoms with E-state index in [1.54, 1.807) is 13.0 Å². The minimum absolute atomic E-state index is 0.0560. The minimum Gasteiger partial charge on any atom is -0.462 e. The van der Waals surface area contributed by atoms with E-state index in [9.17, 15) is 14.4 Å². The van der Waals surface area contributed by atoms with Crippen molar-refractivity contribution in [2.75, 3.05) is 18.5 Å². The van der Waals surface area contributed by atoms with E-state index in [4.69, 9.17) is 9.47 Å². The number of rotatable bonds is 7. The molecule has 0 aliphatic heterocycles. The predicted octanol–water partition coefficient (Wildman–Crippen LogP) is 4.70. The van der Waals surface area contributed by atoms with Crippen molar-refractivity contribution in [3.63, 3.8) is 0 Å². The fraction of sp³-hybridized carbons (Fsp3) is 0.682. The third-order valence-corrected chi connectivity index (χ3v) is 8.76. The molecule has 1 heterocycles. The highest BCUT2D eigenvalue weighted by Crippen LogP contribution is 2.64. The van der Waals surface area contributed by atoms with Gasteiger partial charge in [0.2, 0.25) is 0 Å². The Balaban J connectivity index is 1.38. The van der Waals surface area contributed by atoms with Crippen LogP contribution in [0.15, 0.2) is 6.07 Å². The van der Waals surface area contributed by atoms with E-state index in [0.29, 0.717) is 22.4 Å². The lowest BCUT2D eigenvalue weighted by molar-refractivity contribution is -0.170. The Bertz CT molecular complexity index is 852. The van der Waals surface area contributed by atoms with Gasteiger partial charge >= 0.3 is 11.9 Å². The van der Waals surface area contributed by atoms with Crippen LogP contribution in [-0.2, 0) is 25.5 Å². The third-order valence-electron chi connectivity index (χ3n) is 6.64. The van der Waals surface area contributed by atoms with Gasteiger partial charge in [-0.2, -0.15) is 0 Å². The number of anilines is 1. The lowest BCUT2D eigenvalue weighted by atomic mass is 9.49. The molecule has 164 valence electrons. The summed E-state index contributed by atoms with van der Waals surface area (Å²) in [5, 5.41) is 3.18. The summed E-state index contributed by atoms with van der Waals surface area (Å²) in [6, 6.07) is 1.75.